The van der Waals surface area contributed by atoms with Crippen LogP contribution >= 0.6 is 22.6 Å². The van der Waals surface area contributed by atoms with Gasteiger partial charge >= 0.3 is 5.63 Å². The highest BCUT2D eigenvalue weighted by molar-refractivity contribution is 14.1. The summed E-state index contributed by atoms with van der Waals surface area (Å²) in [7, 11) is 0. The van der Waals surface area contributed by atoms with E-state index in [2.05, 4.69) is 30.1 Å². The second kappa shape index (κ2) is 8.77. The fourth-order valence-electron chi connectivity index (χ4n) is 3.44. The number of hydrogen-bond donors (Lipinski definition) is 1. The molecule has 0 fully saturated rings. The minimum atomic E-state index is -0.405. The standard InChI is InChI=1S/C22H23IN2O3/c1-4-25(5-2)15-10-11-16-14(3)21(22(27)28-19(16)12-15)17-8-6-7-9-18(17)24-20(26)13-23/h6-12H,4-5,13H2,1-3H3,(H,24,26). The van der Waals surface area contributed by atoms with Crippen LogP contribution in [-0.2, 0) is 4.79 Å². The zero-order valence-electron chi connectivity index (χ0n) is 16.2. The summed E-state index contributed by atoms with van der Waals surface area (Å²) in [4.78, 5) is 27.0. The van der Waals surface area contributed by atoms with Gasteiger partial charge in [0, 0.05) is 41.5 Å². The molecule has 3 rings (SSSR count). The van der Waals surface area contributed by atoms with E-state index in [0.29, 0.717) is 26.8 Å². The highest BCUT2D eigenvalue weighted by Crippen LogP contribution is 2.33. The second-order valence-electron chi connectivity index (χ2n) is 6.47. The molecular weight excluding hydrogens is 467 g/mol. The summed E-state index contributed by atoms with van der Waals surface area (Å²) in [5, 5.41) is 3.76. The number of rotatable bonds is 6. The first-order valence-corrected chi connectivity index (χ1v) is 10.8. The molecule has 0 saturated heterocycles. The maximum atomic E-state index is 12.9. The van der Waals surface area contributed by atoms with E-state index in [1.54, 1.807) is 6.07 Å². The van der Waals surface area contributed by atoms with Crippen molar-refractivity contribution >= 4 is 50.8 Å². The first-order chi connectivity index (χ1) is 13.5. The summed E-state index contributed by atoms with van der Waals surface area (Å²) >= 11 is 2.01. The molecule has 1 heterocycles. The smallest absolute Gasteiger partial charge is 0.344 e. The van der Waals surface area contributed by atoms with Gasteiger partial charge < -0.3 is 14.6 Å². The number of para-hydroxylation sites is 1. The Morgan fingerprint density at radius 2 is 1.86 bits per heavy atom. The van der Waals surface area contributed by atoms with Crippen LogP contribution in [0.2, 0.25) is 0 Å². The molecule has 1 aromatic heterocycles. The third-order valence-corrected chi connectivity index (χ3v) is 5.56. The lowest BCUT2D eigenvalue weighted by molar-refractivity contribution is -0.113. The Morgan fingerprint density at radius 3 is 2.54 bits per heavy atom. The zero-order valence-corrected chi connectivity index (χ0v) is 18.4. The van der Waals surface area contributed by atoms with Crippen molar-refractivity contribution in [3.8, 4) is 11.1 Å². The summed E-state index contributed by atoms with van der Waals surface area (Å²) in [5.41, 5.74) is 3.80. The van der Waals surface area contributed by atoms with Crippen LogP contribution in [0.15, 0.2) is 51.7 Å². The number of nitrogens with zero attached hydrogens (tertiary/aromatic N) is 1. The van der Waals surface area contributed by atoms with E-state index >= 15 is 0 Å². The van der Waals surface area contributed by atoms with Crippen LogP contribution in [0.4, 0.5) is 11.4 Å². The maximum absolute atomic E-state index is 12.9. The Bertz CT molecular complexity index is 1070. The van der Waals surface area contributed by atoms with E-state index in [4.69, 9.17) is 4.42 Å². The van der Waals surface area contributed by atoms with Crippen molar-refractivity contribution in [2.45, 2.75) is 20.8 Å². The Balaban J connectivity index is 2.18. The van der Waals surface area contributed by atoms with Gasteiger partial charge in [-0.05, 0) is 44.5 Å². The van der Waals surface area contributed by atoms with Gasteiger partial charge in [0.1, 0.15) is 5.58 Å². The predicted molar refractivity (Wildman–Crippen MR) is 124 cm³/mol. The Kier molecular flexibility index (Phi) is 6.39. The molecule has 28 heavy (non-hydrogen) atoms. The molecule has 0 radical (unpaired) electrons. The van der Waals surface area contributed by atoms with Gasteiger partial charge in [-0.25, -0.2) is 4.79 Å². The first-order valence-electron chi connectivity index (χ1n) is 9.27. The maximum Gasteiger partial charge on any atom is 0.344 e. The van der Waals surface area contributed by atoms with Crippen LogP contribution in [0.25, 0.3) is 22.1 Å². The lowest BCUT2D eigenvalue weighted by atomic mass is 9.98. The molecule has 5 nitrogen and oxygen atoms in total. The SMILES string of the molecule is CCN(CC)c1ccc2c(C)c(-c3ccccc3NC(=O)CI)c(=O)oc2c1. The molecule has 0 bridgehead atoms. The lowest BCUT2D eigenvalue weighted by Crippen LogP contribution is -2.21. The number of aryl methyl sites for hydroxylation is 1. The highest BCUT2D eigenvalue weighted by Gasteiger charge is 2.17. The fourth-order valence-corrected chi connectivity index (χ4v) is 3.63. The molecule has 1 N–H and O–H groups in total. The number of hydrogen-bond acceptors (Lipinski definition) is 4. The van der Waals surface area contributed by atoms with Gasteiger partial charge in [-0.3, -0.25) is 4.79 Å². The van der Waals surface area contributed by atoms with E-state index in [9.17, 15) is 9.59 Å². The Hall–Kier alpha value is -2.35. The number of amides is 1. The predicted octanol–water partition coefficient (Wildman–Crippen LogP) is 4.99. The minimum absolute atomic E-state index is 0.111. The van der Waals surface area contributed by atoms with Gasteiger partial charge in [-0.2, -0.15) is 0 Å². The van der Waals surface area contributed by atoms with Crippen LogP contribution in [0, 0.1) is 6.92 Å². The third-order valence-electron chi connectivity index (χ3n) is 4.87. The van der Waals surface area contributed by atoms with Crippen LogP contribution < -0.4 is 15.8 Å². The zero-order chi connectivity index (χ0) is 20.3. The van der Waals surface area contributed by atoms with Crippen molar-refractivity contribution in [2.24, 2.45) is 0 Å². The summed E-state index contributed by atoms with van der Waals surface area (Å²) in [6.45, 7) is 7.88. The number of nitrogens with one attached hydrogen (secondary N) is 1. The fraction of sp³-hybridized carbons (Fsp3) is 0.273. The van der Waals surface area contributed by atoms with Crippen molar-refractivity contribution in [1.29, 1.82) is 0 Å². The van der Waals surface area contributed by atoms with E-state index < -0.39 is 5.63 Å². The summed E-state index contributed by atoms with van der Waals surface area (Å²) in [6, 6.07) is 13.3. The molecule has 6 heteroatoms. The van der Waals surface area contributed by atoms with Gasteiger partial charge in [0.05, 0.1) is 9.99 Å². The molecule has 1 amide bonds. The molecule has 146 valence electrons. The van der Waals surface area contributed by atoms with Gasteiger partial charge in [0.15, 0.2) is 0 Å². The van der Waals surface area contributed by atoms with Crippen molar-refractivity contribution < 1.29 is 9.21 Å². The van der Waals surface area contributed by atoms with Gasteiger partial charge in [0.2, 0.25) is 5.91 Å². The first kappa shape index (κ1) is 20.4. The Morgan fingerprint density at radius 1 is 1.14 bits per heavy atom. The monoisotopic (exact) mass is 490 g/mol. The average Bonchev–Trinajstić information content (AvgIpc) is 2.70. The molecule has 0 aliphatic carbocycles. The third kappa shape index (κ3) is 3.92. The number of benzene rings is 2. The molecule has 0 unspecified atom stereocenters. The van der Waals surface area contributed by atoms with E-state index in [1.807, 2.05) is 59.8 Å². The quantitative estimate of drug-likeness (QED) is 0.301. The molecule has 0 spiro atoms. The van der Waals surface area contributed by atoms with Crippen molar-refractivity contribution in [3.63, 3.8) is 0 Å². The van der Waals surface area contributed by atoms with Crippen LogP contribution in [0.3, 0.4) is 0 Å². The molecule has 0 saturated carbocycles. The van der Waals surface area contributed by atoms with Gasteiger partial charge in [-0.1, -0.05) is 40.8 Å². The van der Waals surface area contributed by atoms with Crippen LogP contribution in [0.5, 0.6) is 0 Å². The van der Waals surface area contributed by atoms with E-state index in [-0.39, 0.29) is 5.91 Å². The van der Waals surface area contributed by atoms with E-state index in [0.717, 1.165) is 29.7 Å². The molecular formula is C22H23IN2O3. The number of halogens is 1. The number of alkyl halides is 1. The molecule has 0 atom stereocenters. The molecule has 2 aromatic carbocycles. The van der Waals surface area contributed by atoms with Crippen molar-refractivity contribution in [3.05, 3.63) is 58.4 Å². The molecule has 3 aromatic rings. The summed E-state index contributed by atoms with van der Waals surface area (Å²) in [6.07, 6.45) is 0. The molecule has 0 aliphatic heterocycles. The van der Waals surface area contributed by atoms with Gasteiger partial charge in [-0.15, -0.1) is 0 Å². The van der Waals surface area contributed by atoms with Crippen molar-refractivity contribution in [2.75, 3.05) is 27.7 Å². The largest absolute Gasteiger partial charge is 0.422 e. The summed E-state index contributed by atoms with van der Waals surface area (Å²) < 4.78 is 6.04. The van der Waals surface area contributed by atoms with Crippen LogP contribution in [0.1, 0.15) is 19.4 Å². The topological polar surface area (TPSA) is 62.6 Å². The summed E-state index contributed by atoms with van der Waals surface area (Å²) in [5.74, 6) is -0.111. The number of anilines is 2. The normalized spacial score (nSPS) is 10.9. The van der Waals surface area contributed by atoms with Crippen molar-refractivity contribution in [1.82, 2.24) is 0 Å². The lowest BCUT2D eigenvalue weighted by Gasteiger charge is -2.21. The highest BCUT2D eigenvalue weighted by atomic mass is 127. The Labute approximate surface area is 177 Å². The second-order valence-corrected chi connectivity index (χ2v) is 7.23. The minimum Gasteiger partial charge on any atom is -0.422 e. The number of fused-ring (bicyclic) bond motifs is 1. The number of carbonyl (C=O) groups excluding carboxylic acids is 1. The molecule has 0 aliphatic rings. The average molecular weight is 490 g/mol. The number of carbonyl (C=O) groups is 1. The van der Waals surface area contributed by atoms with E-state index in [1.165, 1.54) is 0 Å². The van der Waals surface area contributed by atoms with Crippen LogP contribution in [-0.4, -0.2) is 23.4 Å². The van der Waals surface area contributed by atoms with Gasteiger partial charge in [0.25, 0.3) is 0 Å².